The normalized spacial score (nSPS) is 10.9. The van der Waals surface area contributed by atoms with Gasteiger partial charge in [0.1, 0.15) is 11.3 Å². The van der Waals surface area contributed by atoms with Crippen LogP contribution >= 0.6 is 0 Å². The summed E-state index contributed by atoms with van der Waals surface area (Å²) in [6.07, 6.45) is 2.84. The van der Waals surface area contributed by atoms with Gasteiger partial charge in [0.25, 0.3) is 5.91 Å². The Morgan fingerprint density at radius 1 is 1.11 bits per heavy atom. The topological polar surface area (TPSA) is 71.3 Å². The third-order valence-corrected chi connectivity index (χ3v) is 5.31. The molecule has 0 atom stereocenters. The molecule has 1 aromatic carbocycles. The highest BCUT2D eigenvalue weighted by molar-refractivity contribution is 6.06. The second kappa shape index (κ2) is 8.42. The van der Waals surface area contributed by atoms with E-state index in [1.54, 1.807) is 19.1 Å². The lowest BCUT2D eigenvalue weighted by Crippen LogP contribution is -2.30. The van der Waals surface area contributed by atoms with Crippen molar-refractivity contribution in [2.75, 3.05) is 5.32 Å². The van der Waals surface area contributed by atoms with E-state index in [1.807, 2.05) is 39.3 Å². The second-order valence-corrected chi connectivity index (χ2v) is 6.97. The number of rotatable bonds is 6. The first-order chi connectivity index (χ1) is 12.8. The van der Waals surface area contributed by atoms with Crippen molar-refractivity contribution >= 4 is 11.6 Å². The van der Waals surface area contributed by atoms with Crippen molar-refractivity contribution in [2.45, 2.75) is 60.3 Å². The molecule has 2 rings (SSSR count). The van der Waals surface area contributed by atoms with Gasteiger partial charge in [0, 0.05) is 29.7 Å². The zero-order valence-corrected chi connectivity index (χ0v) is 17.2. The monoisotopic (exact) mass is 370 g/mol. The minimum Gasteiger partial charge on any atom is -0.508 e. The molecule has 0 fully saturated rings. The Bertz CT molecular complexity index is 901. The highest BCUT2D eigenvalue weighted by atomic mass is 16.3. The van der Waals surface area contributed by atoms with Gasteiger partial charge >= 0.3 is 0 Å². The van der Waals surface area contributed by atoms with Crippen molar-refractivity contribution in [3.8, 4) is 5.75 Å². The lowest BCUT2D eigenvalue weighted by atomic mass is 10.00. The van der Waals surface area contributed by atoms with E-state index in [4.69, 9.17) is 0 Å². The standard InChI is InChI=1S/C22H30N2O3/c1-7-10-18-19(21(26)13(4)14(5)24(18)6)22(27)23-20-15(8-2)11-17(25)12-16(20)9-3/h11-12,25H,7-10H2,1-6H3,(H,23,27). The number of amides is 1. The van der Waals surface area contributed by atoms with Gasteiger partial charge < -0.3 is 15.0 Å². The fourth-order valence-electron chi connectivity index (χ4n) is 3.51. The lowest BCUT2D eigenvalue weighted by Gasteiger charge is -2.20. The molecule has 0 unspecified atom stereocenters. The van der Waals surface area contributed by atoms with Crippen LogP contribution in [0, 0.1) is 13.8 Å². The van der Waals surface area contributed by atoms with E-state index in [1.165, 1.54) is 0 Å². The molecule has 0 spiro atoms. The number of phenols is 1. The Kier molecular flexibility index (Phi) is 6.47. The number of aryl methyl sites for hydroxylation is 2. The van der Waals surface area contributed by atoms with E-state index in [2.05, 4.69) is 5.32 Å². The summed E-state index contributed by atoms with van der Waals surface area (Å²) >= 11 is 0. The van der Waals surface area contributed by atoms with Crippen LogP contribution < -0.4 is 10.7 Å². The number of aromatic nitrogens is 1. The maximum Gasteiger partial charge on any atom is 0.261 e. The maximum atomic E-state index is 13.2. The van der Waals surface area contributed by atoms with Crippen LogP contribution in [-0.4, -0.2) is 15.6 Å². The number of nitrogens with one attached hydrogen (secondary N) is 1. The van der Waals surface area contributed by atoms with Gasteiger partial charge in [-0.05, 0) is 56.4 Å². The lowest BCUT2D eigenvalue weighted by molar-refractivity contribution is 0.102. The second-order valence-electron chi connectivity index (χ2n) is 6.97. The van der Waals surface area contributed by atoms with Crippen LogP contribution in [0.2, 0.25) is 0 Å². The maximum absolute atomic E-state index is 13.2. The molecule has 0 saturated heterocycles. The van der Waals surface area contributed by atoms with Crippen LogP contribution in [0.4, 0.5) is 5.69 Å². The summed E-state index contributed by atoms with van der Waals surface area (Å²) in [4.78, 5) is 26.1. The molecular weight excluding hydrogens is 340 g/mol. The zero-order chi connectivity index (χ0) is 20.3. The van der Waals surface area contributed by atoms with Gasteiger partial charge in [-0.1, -0.05) is 27.2 Å². The molecule has 1 aromatic heterocycles. The highest BCUT2D eigenvalue weighted by Gasteiger charge is 2.22. The number of benzene rings is 1. The van der Waals surface area contributed by atoms with E-state index < -0.39 is 0 Å². The van der Waals surface area contributed by atoms with Crippen molar-refractivity contribution in [1.82, 2.24) is 4.57 Å². The van der Waals surface area contributed by atoms with E-state index in [0.29, 0.717) is 30.5 Å². The number of carbonyl (C=O) groups is 1. The fourth-order valence-corrected chi connectivity index (χ4v) is 3.51. The van der Waals surface area contributed by atoms with Crippen molar-refractivity contribution in [3.05, 3.63) is 56.0 Å². The molecular formula is C22H30N2O3. The van der Waals surface area contributed by atoms with E-state index in [-0.39, 0.29) is 22.6 Å². The third kappa shape index (κ3) is 3.92. The third-order valence-electron chi connectivity index (χ3n) is 5.31. The summed E-state index contributed by atoms with van der Waals surface area (Å²) in [6.45, 7) is 9.65. The first-order valence-electron chi connectivity index (χ1n) is 9.61. The van der Waals surface area contributed by atoms with Gasteiger partial charge in [-0.3, -0.25) is 9.59 Å². The van der Waals surface area contributed by atoms with E-state index in [0.717, 1.165) is 28.9 Å². The quantitative estimate of drug-likeness (QED) is 0.754. The van der Waals surface area contributed by atoms with Crippen molar-refractivity contribution < 1.29 is 9.90 Å². The number of nitrogens with zero attached hydrogens (tertiary/aromatic N) is 1. The molecule has 2 N–H and O–H groups in total. The van der Waals surface area contributed by atoms with Gasteiger partial charge in [-0.15, -0.1) is 0 Å². The number of anilines is 1. The summed E-state index contributed by atoms with van der Waals surface area (Å²) < 4.78 is 1.95. The summed E-state index contributed by atoms with van der Waals surface area (Å²) in [5, 5.41) is 12.9. The Labute approximate surface area is 161 Å². The number of phenolic OH excluding ortho intramolecular Hbond substituents is 1. The van der Waals surface area contributed by atoms with Gasteiger partial charge in [-0.2, -0.15) is 0 Å². The van der Waals surface area contributed by atoms with Crippen LogP contribution in [-0.2, 0) is 26.3 Å². The number of carbonyl (C=O) groups excluding carboxylic acids is 1. The van der Waals surface area contributed by atoms with Crippen molar-refractivity contribution in [3.63, 3.8) is 0 Å². The molecule has 1 amide bonds. The first kappa shape index (κ1) is 20.7. The SMILES string of the molecule is CCCc1c(C(=O)Nc2c(CC)cc(O)cc2CC)c(=O)c(C)c(C)n1C. The molecule has 5 heteroatoms. The minimum atomic E-state index is -0.378. The summed E-state index contributed by atoms with van der Waals surface area (Å²) in [7, 11) is 1.90. The van der Waals surface area contributed by atoms with Crippen LogP contribution in [0.3, 0.4) is 0 Å². The van der Waals surface area contributed by atoms with Crippen LogP contribution in [0.1, 0.15) is 65.6 Å². The predicted molar refractivity (Wildman–Crippen MR) is 110 cm³/mol. The summed E-state index contributed by atoms with van der Waals surface area (Å²) in [6, 6.07) is 3.33. The molecule has 2 aromatic rings. The zero-order valence-electron chi connectivity index (χ0n) is 17.2. The Hall–Kier alpha value is -2.56. The fraction of sp³-hybridized carbons (Fsp3) is 0.455. The first-order valence-corrected chi connectivity index (χ1v) is 9.61. The van der Waals surface area contributed by atoms with Gasteiger partial charge in [-0.25, -0.2) is 0 Å². The minimum absolute atomic E-state index is 0.190. The van der Waals surface area contributed by atoms with Crippen molar-refractivity contribution in [2.24, 2.45) is 7.05 Å². The molecule has 1 heterocycles. The average Bonchev–Trinajstić information content (AvgIpc) is 2.65. The molecule has 0 aliphatic rings. The molecule has 146 valence electrons. The summed E-state index contributed by atoms with van der Waals surface area (Å²) in [5.41, 5.74) is 4.67. The average molecular weight is 370 g/mol. The van der Waals surface area contributed by atoms with Crippen LogP contribution in [0.5, 0.6) is 5.75 Å². The van der Waals surface area contributed by atoms with Crippen molar-refractivity contribution in [1.29, 1.82) is 0 Å². The van der Waals surface area contributed by atoms with Gasteiger partial charge in [0.2, 0.25) is 0 Å². The number of aromatic hydroxyl groups is 1. The molecule has 0 bridgehead atoms. The van der Waals surface area contributed by atoms with Gasteiger partial charge in [0.15, 0.2) is 5.43 Å². The molecule has 0 saturated carbocycles. The number of hydrogen-bond acceptors (Lipinski definition) is 3. The molecule has 27 heavy (non-hydrogen) atoms. The van der Waals surface area contributed by atoms with Crippen LogP contribution in [0.25, 0.3) is 0 Å². The van der Waals surface area contributed by atoms with E-state index in [9.17, 15) is 14.7 Å². The Morgan fingerprint density at radius 2 is 1.67 bits per heavy atom. The Balaban J connectivity index is 2.63. The number of hydrogen-bond donors (Lipinski definition) is 2. The summed E-state index contributed by atoms with van der Waals surface area (Å²) in [5.74, 6) is -0.187. The Morgan fingerprint density at radius 3 is 2.15 bits per heavy atom. The molecule has 0 aliphatic carbocycles. The number of pyridine rings is 1. The molecule has 5 nitrogen and oxygen atoms in total. The van der Waals surface area contributed by atoms with E-state index >= 15 is 0 Å². The van der Waals surface area contributed by atoms with Gasteiger partial charge in [0.05, 0.1) is 0 Å². The largest absolute Gasteiger partial charge is 0.508 e. The highest BCUT2D eigenvalue weighted by Crippen LogP contribution is 2.28. The predicted octanol–water partition coefficient (Wildman–Crippen LogP) is 4.04. The van der Waals surface area contributed by atoms with Crippen LogP contribution in [0.15, 0.2) is 16.9 Å². The smallest absolute Gasteiger partial charge is 0.261 e. The molecule has 0 radical (unpaired) electrons. The molecule has 0 aliphatic heterocycles.